The summed E-state index contributed by atoms with van der Waals surface area (Å²) in [7, 11) is -2.56. The molecule has 0 radical (unpaired) electrons. The van der Waals surface area contributed by atoms with Crippen molar-refractivity contribution in [1.29, 1.82) is 0 Å². The first-order valence-electron chi connectivity index (χ1n) is 6.84. The minimum Gasteiger partial charge on any atom is -0.495 e. The molecule has 0 unspecified atom stereocenters. The number of methoxy groups -OCH3 is 1. The lowest BCUT2D eigenvalue weighted by molar-refractivity contribution is -0.121. The van der Waals surface area contributed by atoms with E-state index in [1.54, 1.807) is 17.0 Å². The van der Waals surface area contributed by atoms with Gasteiger partial charge in [-0.25, -0.2) is 12.8 Å². The Morgan fingerprint density at radius 2 is 1.88 bits per heavy atom. The van der Waals surface area contributed by atoms with Gasteiger partial charge in [-0.05, 0) is 42.5 Å². The lowest BCUT2D eigenvalue weighted by Crippen LogP contribution is -2.29. The van der Waals surface area contributed by atoms with Gasteiger partial charge in [0.25, 0.3) is 15.9 Å². The van der Waals surface area contributed by atoms with Crippen LogP contribution in [0.15, 0.2) is 47.4 Å². The summed E-state index contributed by atoms with van der Waals surface area (Å²) in [6.07, 6.45) is 0. The molecule has 0 aliphatic carbocycles. The Morgan fingerprint density at radius 1 is 1.20 bits per heavy atom. The summed E-state index contributed by atoms with van der Waals surface area (Å²) in [5, 5.41) is 2.78. The first kappa shape index (κ1) is 19.1. The highest BCUT2D eigenvalue weighted by molar-refractivity contribution is 7.89. The van der Waals surface area contributed by atoms with Gasteiger partial charge in [-0.3, -0.25) is 9.63 Å². The average Bonchev–Trinajstić information content (AvgIpc) is 2.55. The molecule has 2 rings (SSSR count). The van der Waals surface area contributed by atoms with Gasteiger partial charge in [0, 0.05) is 5.69 Å². The van der Waals surface area contributed by atoms with E-state index in [1.807, 2.05) is 0 Å². The number of halogens is 2. The first-order valence-corrected chi connectivity index (χ1v) is 8.70. The van der Waals surface area contributed by atoms with Crippen molar-refractivity contribution in [2.24, 2.45) is 0 Å². The van der Waals surface area contributed by atoms with Gasteiger partial charge in [0.2, 0.25) is 0 Å². The topological polar surface area (TPSA) is 93.7 Å². The van der Waals surface area contributed by atoms with Crippen LogP contribution in [-0.4, -0.2) is 28.0 Å². The third-order valence-electron chi connectivity index (χ3n) is 2.93. The second-order valence-corrected chi connectivity index (χ2v) is 6.78. The molecule has 7 nitrogen and oxygen atoms in total. The van der Waals surface area contributed by atoms with Crippen molar-refractivity contribution >= 4 is 33.2 Å². The lowest BCUT2D eigenvalue weighted by Gasteiger charge is -2.09. The largest absolute Gasteiger partial charge is 0.495 e. The monoisotopic (exact) mass is 388 g/mol. The zero-order valence-corrected chi connectivity index (χ0v) is 14.5. The molecule has 0 atom stereocenters. The molecule has 134 valence electrons. The molecular formula is C15H14ClFN2O5S. The Morgan fingerprint density at radius 3 is 2.48 bits per heavy atom. The van der Waals surface area contributed by atoms with Crippen LogP contribution in [0.2, 0.25) is 5.02 Å². The van der Waals surface area contributed by atoms with Crippen molar-refractivity contribution in [2.45, 2.75) is 4.90 Å². The number of ether oxygens (including phenoxy) is 1. The van der Waals surface area contributed by atoms with E-state index in [2.05, 4.69) is 5.32 Å². The quantitative estimate of drug-likeness (QED) is 0.710. The fourth-order valence-electron chi connectivity index (χ4n) is 1.78. The molecule has 0 saturated heterocycles. The van der Waals surface area contributed by atoms with Crippen LogP contribution in [0.4, 0.5) is 10.1 Å². The normalized spacial score (nSPS) is 11.2. The van der Waals surface area contributed by atoms with Crippen molar-refractivity contribution in [2.75, 3.05) is 19.0 Å². The van der Waals surface area contributed by atoms with Crippen molar-refractivity contribution in [1.82, 2.24) is 4.89 Å². The van der Waals surface area contributed by atoms with Gasteiger partial charge in [-0.1, -0.05) is 16.5 Å². The Bertz CT molecular complexity index is 859. The Hall–Kier alpha value is -2.20. The van der Waals surface area contributed by atoms with Crippen LogP contribution in [0, 0.1) is 5.82 Å². The van der Waals surface area contributed by atoms with Gasteiger partial charge >= 0.3 is 0 Å². The van der Waals surface area contributed by atoms with Gasteiger partial charge in [-0.2, -0.15) is 0 Å². The lowest BCUT2D eigenvalue weighted by atomic mass is 10.3. The summed E-state index contributed by atoms with van der Waals surface area (Å²) in [5.41, 5.74) is 0.390. The van der Waals surface area contributed by atoms with E-state index in [-0.39, 0.29) is 4.90 Å². The van der Waals surface area contributed by atoms with Gasteiger partial charge in [0.1, 0.15) is 18.2 Å². The summed E-state index contributed by atoms with van der Waals surface area (Å²) in [5.74, 6) is -0.733. The molecule has 0 spiro atoms. The number of rotatable bonds is 7. The first-order chi connectivity index (χ1) is 11.8. The fourth-order valence-corrected chi connectivity index (χ4v) is 2.84. The maximum absolute atomic E-state index is 12.8. The van der Waals surface area contributed by atoms with E-state index >= 15 is 0 Å². The van der Waals surface area contributed by atoms with Crippen molar-refractivity contribution < 1.29 is 27.2 Å². The van der Waals surface area contributed by atoms with Crippen LogP contribution in [0.5, 0.6) is 5.75 Å². The zero-order chi connectivity index (χ0) is 18.4. The number of hydrogen-bond donors (Lipinski definition) is 2. The third-order valence-corrected chi connectivity index (χ3v) is 4.46. The number of anilines is 1. The zero-order valence-electron chi connectivity index (χ0n) is 13.0. The van der Waals surface area contributed by atoms with Crippen LogP contribution in [0.25, 0.3) is 0 Å². The van der Waals surface area contributed by atoms with Crippen LogP contribution < -0.4 is 14.9 Å². The Labute approximate surface area is 148 Å². The molecule has 0 heterocycles. The number of benzene rings is 2. The highest BCUT2D eigenvalue weighted by atomic mass is 35.5. The molecule has 0 saturated carbocycles. The predicted octanol–water partition coefficient (Wildman–Crippen LogP) is 2.34. The number of nitrogens with one attached hydrogen (secondary N) is 2. The Kier molecular flexibility index (Phi) is 6.32. The van der Waals surface area contributed by atoms with E-state index in [0.29, 0.717) is 16.5 Å². The molecule has 0 aromatic heterocycles. The molecule has 2 aromatic carbocycles. The molecule has 25 heavy (non-hydrogen) atoms. The van der Waals surface area contributed by atoms with Crippen molar-refractivity contribution in [3.05, 3.63) is 53.3 Å². The van der Waals surface area contributed by atoms with Crippen LogP contribution in [0.3, 0.4) is 0 Å². The van der Waals surface area contributed by atoms with Gasteiger partial charge < -0.3 is 10.1 Å². The van der Waals surface area contributed by atoms with Crippen molar-refractivity contribution in [3.8, 4) is 5.75 Å². The number of sulfonamides is 1. The molecule has 2 N–H and O–H groups in total. The van der Waals surface area contributed by atoms with Crippen LogP contribution in [0.1, 0.15) is 0 Å². The van der Waals surface area contributed by atoms with E-state index in [0.717, 1.165) is 24.3 Å². The highest BCUT2D eigenvalue weighted by Gasteiger charge is 2.15. The SMILES string of the molecule is COc1ccc(NC(=O)CONS(=O)(=O)c2ccc(F)cc2)cc1Cl. The van der Waals surface area contributed by atoms with E-state index in [9.17, 15) is 17.6 Å². The smallest absolute Gasteiger partial charge is 0.262 e. The number of carbonyl (C=O) groups excluding carboxylic acids is 1. The van der Waals surface area contributed by atoms with Crippen LogP contribution >= 0.6 is 11.6 Å². The fraction of sp³-hybridized carbons (Fsp3) is 0.133. The molecular weight excluding hydrogens is 375 g/mol. The molecule has 0 aliphatic rings. The minimum atomic E-state index is -4.02. The molecule has 0 fully saturated rings. The van der Waals surface area contributed by atoms with Gasteiger partial charge in [-0.15, -0.1) is 0 Å². The molecule has 10 heteroatoms. The summed E-state index contributed by atoms with van der Waals surface area (Å²) < 4.78 is 41.5. The average molecular weight is 389 g/mol. The number of amides is 1. The van der Waals surface area contributed by atoms with E-state index < -0.39 is 28.4 Å². The van der Waals surface area contributed by atoms with E-state index in [4.69, 9.17) is 21.2 Å². The second kappa shape index (κ2) is 8.26. The third kappa shape index (κ3) is 5.40. The minimum absolute atomic E-state index is 0.198. The molecule has 0 bridgehead atoms. The summed E-state index contributed by atoms with van der Waals surface area (Å²) in [6, 6.07) is 8.73. The predicted molar refractivity (Wildman–Crippen MR) is 89.3 cm³/mol. The number of carbonyl (C=O) groups is 1. The van der Waals surface area contributed by atoms with E-state index in [1.165, 1.54) is 13.2 Å². The van der Waals surface area contributed by atoms with Crippen LogP contribution in [-0.2, 0) is 19.7 Å². The maximum atomic E-state index is 12.8. The van der Waals surface area contributed by atoms with Crippen molar-refractivity contribution in [3.63, 3.8) is 0 Å². The summed E-state index contributed by atoms with van der Waals surface area (Å²) >= 11 is 5.93. The summed E-state index contributed by atoms with van der Waals surface area (Å²) in [6.45, 7) is -0.579. The maximum Gasteiger partial charge on any atom is 0.262 e. The van der Waals surface area contributed by atoms with Gasteiger partial charge in [0.05, 0.1) is 17.0 Å². The highest BCUT2D eigenvalue weighted by Crippen LogP contribution is 2.27. The Balaban J connectivity index is 1.87. The molecule has 1 amide bonds. The van der Waals surface area contributed by atoms with Gasteiger partial charge in [0.15, 0.2) is 0 Å². The second-order valence-electron chi connectivity index (χ2n) is 4.73. The summed E-state index contributed by atoms with van der Waals surface area (Å²) in [4.78, 5) is 18.0. The standard InChI is InChI=1S/C15H14ClFN2O5S/c1-23-14-7-4-11(8-13(14)16)18-15(20)9-24-19-25(21,22)12-5-2-10(17)3-6-12/h2-8,19H,9H2,1H3,(H,18,20). The molecule has 0 aliphatic heterocycles. The molecule has 2 aromatic rings. The number of hydrogen-bond acceptors (Lipinski definition) is 5.